The van der Waals surface area contributed by atoms with Crippen molar-refractivity contribution in [3.63, 3.8) is 0 Å². The lowest BCUT2D eigenvalue weighted by molar-refractivity contribution is 0.0462. The van der Waals surface area contributed by atoms with Crippen LogP contribution in [0.4, 0.5) is 0 Å². The van der Waals surface area contributed by atoms with Crippen LogP contribution in [-0.4, -0.2) is 33.1 Å². The number of esters is 1. The van der Waals surface area contributed by atoms with Gasteiger partial charge in [0.15, 0.2) is 18.2 Å². The van der Waals surface area contributed by atoms with Gasteiger partial charge in [0.05, 0.1) is 5.69 Å². The maximum Gasteiger partial charge on any atom is 0.378 e. The van der Waals surface area contributed by atoms with Crippen molar-refractivity contribution < 1.29 is 14.3 Å². The van der Waals surface area contributed by atoms with Gasteiger partial charge in [-0.2, -0.15) is 0 Å². The van der Waals surface area contributed by atoms with Gasteiger partial charge >= 0.3 is 5.97 Å². The van der Waals surface area contributed by atoms with E-state index in [-0.39, 0.29) is 11.6 Å². The standard InChI is InChI=1S/C23H15BrClN3O3/c24-17-8-6-15(7-9-17)20(29)14-31-23(30)21-26-22(16-4-2-1-3-5-16)28(27-21)19-12-10-18(25)11-13-19/h1-13H,14H2. The van der Waals surface area contributed by atoms with Crippen molar-refractivity contribution in [3.8, 4) is 17.1 Å². The van der Waals surface area contributed by atoms with Crippen LogP contribution in [0, 0.1) is 0 Å². The molecule has 1 aromatic heterocycles. The van der Waals surface area contributed by atoms with Crippen LogP contribution in [0.2, 0.25) is 5.02 Å². The molecule has 154 valence electrons. The molecule has 0 fully saturated rings. The van der Waals surface area contributed by atoms with Gasteiger partial charge in [-0.15, -0.1) is 5.10 Å². The molecule has 8 heteroatoms. The monoisotopic (exact) mass is 495 g/mol. The third kappa shape index (κ3) is 4.90. The maximum atomic E-state index is 12.6. The summed E-state index contributed by atoms with van der Waals surface area (Å²) in [5.74, 6) is -0.775. The molecule has 0 saturated carbocycles. The first-order valence-corrected chi connectivity index (χ1v) is 10.4. The summed E-state index contributed by atoms with van der Waals surface area (Å²) >= 11 is 9.30. The summed E-state index contributed by atoms with van der Waals surface area (Å²) in [4.78, 5) is 29.2. The van der Waals surface area contributed by atoms with E-state index < -0.39 is 12.6 Å². The second-order valence-electron chi connectivity index (χ2n) is 6.52. The Hall–Kier alpha value is -3.29. The third-order valence-corrected chi connectivity index (χ3v) is 5.17. The van der Waals surface area contributed by atoms with E-state index in [4.69, 9.17) is 16.3 Å². The number of aromatic nitrogens is 3. The van der Waals surface area contributed by atoms with Gasteiger partial charge in [0.2, 0.25) is 0 Å². The smallest absolute Gasteiger partial charge is 0.378 e. The Labute approximate surface area is 191 Å². The van der Waals surface area contributed by atoms with Crippen LogP contribution in [0.25, 0.3) is 17.1 Å². The van der Waals surface area contributed by atoms with Crippen molar-refractivity contribution >= 4 is 39.3 Å². The number of hydrogen-bond donors (Lipinski definition) is 0. The number of ether oxygens (including phenoxy) is 1. The molecule has 1 heterocycles. The summed E-state index contributed by atoms with van der Waals surface area (Å²) in [5, 5.41) is 4.90. The molecule has 0 amide bonds. The molecule has 4 rings (SSSR count). The van der Waals surface area contributed by atoms with E-state index in [2.05, 4.69) is 26.0 Å². The molecule has 0 atom stereocenters. The van der Waals surface area contributed by atoms with Crippen molar-refractivity contribution in [2.45, 2.75) is 0 Å². The first-order valence-electron chi connectivity index (χ1n) is 9.25. The molecule has 4 aromatic rings. The molecule has 0 saturated heterocycles. The Morgan fingerprint density at radius 1 is 0.935 bits per heavy atom. The fourth-order valence-corrected chi connectivity index (χ4v) is 3.24. The lowest BCUT2D eigenvalue weighted by atomic mass is 10.1. The van der Waals surface area contributed by atoms with Gasteiger partial charge in [-0.25, -0.2) is 14.5 Å². The maximum absolute atomic E-state index is 12.6. The second kappa shape index (κ2) is 9.24. The average molecular weight is 497 g/mol. The number of ketones is 1. The summed E-state index contributed by atoms with van der Waals surface area (Å²) in [5.41, 5.74) is 1.90. The zero-order valence-corrected chi connectivity index (χ0v) is 18.4. The molecule has 3 aromatic carbocycles. The number of rotatable bonds is 6. The molecule has 0 N–H and O–H groups in total. The van der Waals surface area contributed by atoms with Gasteiger partial charge in [-0.1, -0.05) is 70.0 Å². The molecule has 0 aliphatic heterocycles. The van der Waals surface area contributed by atoms with E-state index in [9.17, 15) is 9.59 Å². The number of carbonyl (C=O) groups excluding carboxylic acids is 2. The molecule has 0 aliphatic carbocycles. The minimum absolute atomic E-state index is 0.141. The van der Waals surface area contributed by atoms with E-state index in [1.807, 2.05) is 30.3 Å². The van der Waals surface area contributed by atoms with Gasteiger partial charge in [-0.05, 0) is 36.4 Å². The van der Waals surface area contributed by atoms with Crippen molar-refractivity contribution in [3.05, 3.63) is 99.7 Å². The van der Waals surface area contributed by atoms with Crippen LogP contribution in [-0.2, 0) is 4.74 Å². The Morgan fingerprint density at radius 3 is 2.29 bits per heavy atom. The van der Waals surface area contributed by atoms with Gasteiger partial charge < -0.3 is 4.74 Å². The molecule has 0 bridgehead atoms. The highest BCUT2D eigenvalue weighted by Gasteiger charge is 2.21. The normalized spacial score (nSPS) is 10.6. The second-order valence-corrected chi connectivity index (χ2v) is 7.87. The molecule has 0 radical (unpaired) electrons. The summed E-state index contributed by atoms with van der Waals surface area (Å²) in [6, 6.07) is 23.1. The molecular weight excluding hydrogens is 482 g/mol. The average Bonchev–Trinajstić information content (AvgIpc) is 3.24. The lowest BCUT2D eigenvalue weighted by Crippen LogP contribution is -2.15. The van der Waals surface area contributed by atoms with Crippen molar-refractivity contribution in [1.29, 1.82) is 0 Å². The third-order valence-electron chi connectivity index (χ3n) is 4.39. The lowest BCUT2D eigenvalue weighted by Gasteiger charge is -2.05. The van der Waals surface area contributed by atoms with Gasteiger partial charge in [0, 0.05) is 20.6 Å². The van der Waals surface area contributed by atoms with E-state index in [0.717, 1.165) is 10.0 Å². The van der Waals surface area contributed by atoms with Gasteiger partial charge in [0.25, 0.3) is 5.82 Å². The van der Waals surface area contributed by atoms with Crippen LogP contribution in [0.15, 0.2) is 83.3 Å². The highest BCUT2D eigenvalue weighted by atomic mass is 79.9. The largest absolute Gasteiger partial charge is 0.451 e. The molecule has 0 aliphatic rings. The molecule has 0 spiro atoms. The highest BCUT2D eigenvalue weighted by molar-refractivity contribution is 9.10. The topological polar surface area (TPSA) is 74.1 Å². The van der Waals surface area contributed by atoms with Gasteiger partial charge in [0.1, 0.15) is 0 Å². The van der Waals surface area contributed by atoms with Crippen molar-refractivity contribution in [2.75, 3.05) is 6.61 Å². The predicted octanol–water partition coefficient (Wildman–Crippen LogP) is 5.39. The number of hydrogen-bond acceptors (Lipinski definition) is 5. The number of nitrogens with zero attached hydrogens (tertiary/aromatic N) is 3. The van der Waals surface area contributed by atoms with Crippen molar-refractivity contribution in [1.82, 2.24) is 14.8 Å². The van der Waals surface area contributed by atoms with E-state index in [0.29, 0.717) is 22.1 Å². The SMILES string of the molecule is O=C(COC(=O)c1nc(-c2ccccc2)n(-c2ccc(Cl)cc2)n1)c1ccc(Br)cc1. The Balaban J connectivity index is 1.59. The first-order chi connectivity index (χ1) is 15.0. The predicted molar refractivity (Wildman–Crippen MR) is 121 cm³/mol. The molecule has 0 unspecified atom stereocenters. The van der Waals surface area contributed by atoms with Crippen LogP contribution < -0.4 is 0 Å². The minimum atomic E-state index is -0.782. The number of Topliss-reactive ketones (excluding diaryl/α,β-unsaturated/α-hetero) is 1. The summed E-state index contributed by atoms with van der Waals surface area (Å²) < 4.78 is 7.57. The van der Waals surface area contributed by atoms with E-state index >= 15 is 0 Å². The fraction of sp³-hybridized carbons (Fsp3) is 0.0435. The van der Waals surface area contributed by atoms with Crippen LogP contribution in [0.1, 0.15) is 21.0 Å². The van der Waals surface area contributed by atoms with Crippen molar-refractivity contribution in [2.24, 2.45) is 0 Å². The van der Waals surface area contributed by atoms with E-state index in [1.165, 1.54) is 0 Å². The number of carbonyl (C=O) groups is 2. The van der Waals surface area contributed by atoms with Crippen LogP contribution >= 0.6 is 27.5 Å². The number of halogens is 2. The summed E-state index contributed by atoms with van der Waals surface area (Å²) in [6.07, 6.45) is 0. The molecular formula is C23H15BrClN3O3. The van der Waals surface area contributed by atoms with Crippen LogP contribution in [0.5, 0.6) is 0 Å². The molecule has 6 nitrogen and oxygen atoms in total. The molecule has 31 heavy (non-hydrogen) atoms. The quantitative estimate of drug-likeness (QED) is 0.264. The van der Waals surface area contributed by atoms with E-state index in [1.54, 1.807) is 53.2 Å². The van der Waals surface area contributed by atoms with Crippen LogP contribution in [0.3, 0.4) is 0 Å². The fourth-order valence-electron chi connectivity index (χ4n) is 2.85. The minimum Gasteiger partial charge on any atom is -0.451 e. The first kappa shape index (κ1) is 21.0. The number of benzene rings is 3. The Kier molecular flexibility index (Phi) is 6.25. The zero-order valence-electron chi connectivity index (χ0n) is 16.0. The van der Waals surface area contributed by atoms with Gasteiger partial charge in [-0.3, -0.25) is 4.79 Å². The Bertz CT molecular complexity index is 1220. The summed E-state index contributed by atoms with van der Waals surface area (Å²) in [6.45, 7) is -0.406. The highest BCUT2D eigenvalue weighted by Crippen LogP contribution is 2.22. The summed E-state index contributed by atoms with van der Waals surface area (Å²) in [7, 11) is 0. The zero-order chi connectivity index (χ0) is 21.8. The Morgan fingerprint density at radius 2 is 1.61 bits per heavy atom.